The van der Waals surface area contributed by atoms with E-state index in [2.05, 4.69) is 81.1 Å². The molecule has 8 heteroatoms. The van der Waals surface area contributed by atoms with Crippen molar-refractivity contribution in [3.63, 3.8) is 0 Å². The first-order valence-corrected chi connectivity index (χ1v) is 20.7. The van der Waals surface area contributed by atoms with Gasteiger partial charge in [0.15, 0.2) is 6.29 Å². The number of hydrogen-bond donors (Lipinski definition) is 3. The average Bonchev–Trinajstić information content (AvgIpc) is 3.86. The lowest BCUT2D eigenvalue weighted by molar-refractivity contribution is -0.253. The van der Waals surface area contributed by atoms with Crippen LogP contribution in [0.2, 0.25) is 0 Å². The van der Waals surface area contributed by atoms with Gasteiger partial charge in [0.1, 0.15) is 0 Å². The highest BCUT2D eigenvalue weighted by molar-refractivity contribution is 5.76. The maximum Gasteiger partial charge on any atom is 0.315 e. The number of benzene rings is 3. The molecule has 3 heterocycles. The van der Waals surface area contributed by atoms with E-state index >= 15 is 0 Å². The van der Waals surface area contributed by atoms with Crippen LogP contribution in [-0.2, 0) is 22.6 Å². The largest absolute Gasteiger partial charge is 0.392 e. The molecule has 7 aliphatic rings. The zero-order valence-electron chi connectivity index (χ0n) is 31.3. The number of likely N-dealkylation sites (tertiary alicyclic amines) is 2. The summed E-state index contributed by atoms with van der Waals surface area (Å²) in [5, 5.41) is 16.3. The first-order chi connectivity index (χ1) is 26.0. The van der Waals surface area contributed by atoms with Crippen LogP contribution in [0.3, 0.4) is 0 Å². The van der Waals surface area contributed by atoms with Crippen molar-refractivity contribution in [2.24, 2.45) is 17.8 Å². The van der Waals surface area contributed by atoms with E-state index in [-0.39, 0.29) is 30.4 Å². The Labute approximate surface area is 315 Å². The molecular formula is C45H58N4O4. The number of aliphatic hydroxyl groups excluding tert-OH is 1. The maximum absolute atomic E-state index is 13.3. The van der Waals surface area contributed by atoms with E-state index in [1.54, 1.807) is 0 Å². The number of rotatable bonds is 11. The van der Waals surface area contributed by atoms with E-state index < -0.39 is 6.29 Å². The normalized spacial score (nSPS) is 32.7. The molecule has 0 aromatic heterocycles. The highest BCUT2D eigenvalue weighted by Crippen LogP contribution is 2.55. The Morgan fingerprint density at radius 3 is 2.19 bits per heavy atom. The Balaban J connectivity index is 0.879. The first kappa shape index (κ1) is 35.4. The van der Waals surface area contributed by atoms with Gasteiger partial charge in [-0.1, -0.05) is 72.8 Å². The van der Waals surface area contributed by atoms with Crippen molar-refractivity contribution >= 4 is 6.03 Å². The molecule has 10 rings (SSSR count). The van der Waals surface area contributed by atoms with Crippen LogP contribution in [0, 0.1) is 17.8 Å². The molecule has 4 saturated carbocycles. The predicted molar refractivity (Wildman–Crippen MR) is 207 cm³/mol. The molecule has 8 nitrogen and oxygen atoms in total. The fourth-order valence-electron chi connectivity index (χ4n) is 11.4. The fraction of sp³-hybridized carbons (Fsp3) is 0.578. The molecule has 53 heavy (non-hydrogen) atoms. The van der Waals surface area contributed by atoms with Crippen LogP contribution in [-0.4, -0.2) is 71.3 Å². The quantitative estimate of drug-likeness (QED) is 0.188. The van der Waals surface area contributed by atoms with Gasteiger partial charge in [0.2, 0.25) is 0 Å². The second-order valence-electron chi connectivity index (χ2n) is 17.4. The van der Waals surface area contributed by atoms with Gasteiger partial charge >= 0.3 is 6.03 Å². The van der Waals surface area contributed by atoms with Gasteiger partial charge in [-0.3, -0.25) is 4.90 Å². The topological polar surface area (TPSA) is 86.3 Å². The van der Waals surface area contributed by atoms with Crippen molar-refractivity contribution in [2.75, 3.05) is 32.7 Å². The summed E-state index contributed by atoms with van der Waals surface area (Å²) in [7, 11) is 0. The predicted octanol–water partition coefficient (Wildman–Crippen LogP) is 7.72. The lowest BCUT2D eigenvalue weighted by atomic mass is 9.53. The highest BCUT2D eigenvalue weighted by Gasteiger charge is 2.51. The van der Waals surface area contributed by atoms with Crippen LogP contribution in [0.25, 0.3) is 11.1 Å². The molecule has 2 amide bonds. The third kappa shape index (κ3) is 7.95. The smallest absolute Gasteiger partial charge is 0.315 e. The minimum Gasteiger partial charge on any atom is -0.392 e. The fourth-order valence-corrected chi connectivity index (χ4v) is 11.4. The van der Waals surface area contributed by atoms with Crippen LogP contribution in [0.1, 0.15) is 105 Å². The number of carbonyl (C=O) groups is 1. The third-order valence-electron chi connectivity index (χ3n) is 13.6. The number of amides is 2. The Hall–Kier alpha value is -3.27. The van der Waals surface area contributed by atoms with Crippen LogP contribution in [0.4, 0.5) is 4.79 Å². The molecule has 3 aromatic carbocycles. The highest BCUT2D eigenvalue weighted by atomic mass is 16.7. The number of carbonyl (C=O) groups excluding carboxylic acids is 1. The maximum atomic E-state index is 13.3. The molecule has 0 radical (unpaired) electrons. The van der Waals surface area contributed by atoms with E-state index in [4.69, 9.17) is 9.47 Å². The van der Waals surface area contributed by atoms with E-state index in [1.165, 1.54) is 64.6 Å². The molecule has 3 aliphatic heterocycles. The number of aliphatic hydroxyl groups is 1. The summed E-state index contributed by atoms with van der Waals surface area (Å²) in [4.78, 5) is 18.6. The van der Waals surface area contributed by atoms with Crippen molar-refractivity contribution < 1.29 is 19.4 Å². The Morgan fingerprint density at radius 1 is 0.774 bits per heavy atom. The molecular weight excluding hydrogens is 661 g/mol. The molecule has 4 bridgehead atoms. The standard InChI is InChI=1S/C45H58N4O4/c50-30-31-9-11-36(12-10-31)42-23-40(29-49-19-5-7-39(49)28-48-17-3-4-18-48)52-43(53-42)37-15-13-35(14-16-37)41-8-2-1-6-38(41)27-46-44(51)47-45-24-32-20-33(25-45)22-34(21-32)26-45/h1-2,6,8-16,32-34,39-40,42-43,50H,3-5,7,17-30H2,(H2,46,47,51)/t32?,33?,34?,39-,40-,42+,43+,45?/m0/s1. The van der Waals surface area contributed by atoms with E-state index in [9.17, 15) is 9.90 Å². The Kier molecular flexibility index (Phi) is 10.3. The van der Waals surface area contributed by atoms with Crippen LogP contribution in [0.15, 0.2) is 72.8 Å². The zero-order valence-corrected chi connectivity index (χ0v) is 31.3. The van der Waals surface area contributed by atoms with Crippen LogP contribution in [0.5, 0.6) is 0 Å². The number of nitrogens with one attached hydrogen (secondary N) is 2. The van der Waals surface area contributed by atoms with Crippen molar-refractivity contribution in [1.82, 2.24) is 20.4 Å². The van der Waals surface area contributed by atoms with Gasteiger partial charge in [0, 0.05) is 43.2 Å². The Bertz CT molecular complexity index is 1670. The lowest BCUT2D eigenvalue weighted by Crippen LogP contribution is -2.61. The molecule has 0 spiro atoms. The van der Waals surface area contributed by atoms with E-state index in [0.717, 1.165) is 89.9 Å². The summed E-state index contributed by atoms with van der Waals surface area (Å²) in [5.41, 5.74) is 6.38. The van der Waals surface area contributed by atoms with Gasteiger partial charge in [0.05, 0.1) is 18.8 Å². The zero-order chi connectivity index (χ0) is 35.8. The van der Waals surface area contributed by atoms with Gasteiger partial charge in [0.25, 0.3) is 0 Å². The van der Waals surface area contributed by atoms with E-state index in [0.29, 0.717) is 12.6 Å². The summed E-state index contributed by atoms with van der Waals surface area (Å²) >= 11 is 0. The van der Waals surface area contributed by atoms with Gasteiger partial charge < -0.3 is 30.1 Å². The molecule has 4 aliphatic carbocycles. The van der Waals surface area contributed by atoms with Crippen molar-refractivity contribution in [3.05, 3.63) is 95.1 Å². The number of urea groups is 1. The number of nitrogens with zero attached hydrogens (tertiary/aromatic N) is 2. The van der Waals surface area contributed by atoms with Crippen LogP contribution >= 0.6 is 0 Å². The lowest BCUT2D eigenvalue weighted by Gasteiger charge is -2.56. The Morgan fingerprint density at radius 2 is 1.47 bits per heavy atom. The molecule has 0 unspecified atom stereocenters. The summed E-state index contributed by atoms with van der Waals surface area (Å²) in [6.45, 7) is 6.21. The van der Waals surface area contributed by atoms with Crippen molar-refractivity contribution in [3.8, 4) is 11.1 Å². The minimum absolute atomic E-state index is 0.00211. The first-order valence-electron chi connectivity index (χ1n) is 20.7. The molecule has 3 saturated heterocycles. The molecule has 4 atom stereocenters. The molecule has 3 N–H and O–H groups in total. The van der Waals surface area contributed by atoms with Gasteiger partial charge in [-0.2, -0.15) is 0 Å². The summed E-state index contributed by atoms with van der Waals surface area (Å²) in [6.07, 6.45) is 13.0. The summed E-state index contributed by atoms with van der Waals surface area (Å²) in [5.74, 6) is 2.39. The monoisotopic (exact) mass is 718 g/mol. The van der Waals surface area contributed by atoms with Gasteiger partial charge in [-0.15, -0.1) is 0 Å². The molecule has 282 valence electrons. The van der Waals surface area contributed by atoms with Gasteiger partial charge in [-0.05, 0) is 129 Å². The molecule has 7 fully saturated rings. The van der Waals surface area contributed by atoms with Gasteiger partial charge in [-0.25, -0.2) is 4.79 Å². The van der Waals surface area contributed by atoms with Crippen molar-refractivity contribution in [1.29, 1.82) is 0 Å². The SMILES string of the molecule is O=C(NCc1ccccc1-c1ccc([C@@H]2O[C@H](CN3CCC[C@H]3CN3CCCC3)C[C@H](c3ccc(CO)cc3)O2)cc1)NC12CC3CC(CC(C3)C1)C2. The van der Waals surface area contributed by atoms with Crippen molar-refractivity contribution in [2.45, 2.75) is 114 Å². The minimum atomic E-state index is -0.477. The molecule has 3 aromatic rings. The average molecular weight is 719 g/mol. The second-order valence-corrected chi connectivity index (χ2v) is 17.4. The van der Waals surface area contributed by atoms with E-state index in [1.807, 2.05) is 12.1 Å². The second kappa shape index (κ2) is 15.5. The number of ether oxygens (including phenoxy) is 2. The third-order valence-corrected chi connectivity index (χ3v) is 13.6. The summed E-state index contributed by atoms with van der Waals surface area (Å²) in [6, 6.07) is 25.8. The number of hydrogen-bond acceptors (Lipinski definition) is 6. The summed E-state index contributed by atoms with van der Waals surface area (Å²) < 4.78 is 13.5. The van der Waals surface area contributed by atoms with Crippen LogP contribution < -0.4 is 10.6 Å².